The Morgan fingerprint density at radius 2 is 1.30 bits per heavy atom. The maximum absolute atomic E-state index is 12.1. The molecule has 1 atom stereocenters. The van der Waals surface area contributed by atoms with E-state index in [4.69, 9.17) is 9.84 Å². The monoisotopic (exact) mass is 418 g/mol. The smallest absolute Gasteiger partial charge is 0.339 e. The number of unbranched alkanes of at least 4 members (excludes halogenated alkanes) is 10. The first-order valence-corrected chi connectivity index (χ1v) is 12.1. The Morgan fingerprint density at radius 3 is 1.87 bits per heavy atom. The summed E-state index contributed by atoms with van der Waals surface area (Å²) in [5, 5.41) is 9.13. The maximum Gasteiger partial charge on any atom is 0.339 e. The van der Waals surface area contributed by atoms with Gasteiger partial charge in [-0.2, -0.15) is 0 Å². The fraction of sp³-hybridized carbons (Fsp3) is 0.692. The predicted octanol–water partition coefficient (Wildman–Crippen LogP) is 7.66. The summed E-state index contributed by atoms with van der Waals surface area (Å²) in [5.41, 5.74) is 0.119. The second kappa shape index (κ2) is 16.9. The van der Waals surface area contributed by atoms with Crippen molar-refractivity contribution in [3.63, 3.8) is 0 Å². The third-order valence-electron chi connectivity index (χ3n) is 5.75. The minimum absolute atomic E-state index is 0.00612. The summed E-state index contributed by atoms with van der Waals surface area (Å²) in [6, 6.07) is 6.18. The lowest BCUT2D eigenvalue weighted by Gasteiger charge is -2.10. The molecule has 1 aromatic carbocycles. The van der Waals surface area contributed by atoms with Gasteiger partial charge in [0.15, 0.2) is 0 Å². The second-order valence-corrected chi connectivity index (χ2v) is 8.56. The van der Waals surface area contributed by atoms with Crippen molar-refractivity contribution < 1.29 is 19.4 Å². The van der Waals surface area contributed by atoms with Crippen molar-refractivity contribution in [1.29, 1.82) is 0 Å². The van der Waals surface area contributed by atoms with Crippen LogP contribution in [-0.2, 0) is 4.74 Å². The third kappa shape index (κ3) is 12.0. The molecule has 1 N–H and O–H groups in total. The van der Waals surface area contributed by atoms with Crippen molar-refractivity contribution in [2.24, 2.45) is 5.92 Å². The summed E-state index contributed by atoms with van der Waals surface area (Å²) in [7, 11) is 0. The number of carboxylic acid groups (broad SMARTS) is 1. The molecule has 0 saturated heterocycles. The molecule has 30 heavy (non-hydrogen) atoms. The van der Waals surface area contributed by atoms with Crippen LogP contribution in [0.3, 0.4) is 0 Å². The molecule has 0 saturated carbocycles. The van der Waals surface area contributed by atoms with E-state index in [1.165, 1.54) is 82.8 Å². The molecule has 0 amide bonds. The second-order valence-electron chi connectivity index (χ2n) is 8.56. The van der Waals surface area contributed by atoms with Crippen LogP contribution in [0.4, 0.5) is 0 Å². The van der Waals surface area contributed by atoms with E-state index < -0.39 is 11.9 Å². The van der Waals surface area contributed by atoms with Gasteiger partial charge in [0.2, 0.25) is 0 Å². The molecule has 0 spiro atoms. The lowest BCUT2D eigenvalue weighted by molar-refractivity contribution is 0.0487. The maximum atomic E-state index is 12.1. The summed E-state index contributed by atoms with van der Waals surface area (Å²) < 4.78 is 5.24. The minimum atomic E-state index is -1.11. The molecule has 0 fully saturated rings. The lowest BCUT2D eigenvalue weighted by Crippen LogP contribution is -2.12. The normalized spacial score (nSPS) is 11.9. The number of carboxylic acids is 1. The number of carbonyl (C=O) groups excluding carboxylic acids is 1. The molecule has 1 unspecified atom stereocenters. The van der Waals surface area contributed by atoms with Gasteiger partial charge in [0, 0.05) is 0 Å². The van der Waals surface area contributed by atoms with Gasteiger partial charge in [-0.05, 0) is 24.5 Å². The Labute approximate surface area is 183 Å². The molecule has 170 valence electrons. The highest BCUT2D eigenvalue weighted by molar-refractivity contribution is 6.02. The van der Waals surface area contributed by atoms with Gasteiger partial charge in [0.1, 0.15) is 0 Å². The highest BCUT2D eigenvalue weighted by atomic mass is 16.5. The van der Waals surface area contributed by atoms with Crippen molar-refractivity contribution >= 4 is 11.9 Å². The zero-order valence-electron chi connectivity index (χ0n) is 19.2. The minimum Gasteiger partial charge on any atom is -0.478 e. The van der Waals surface area contributed by atoms with Crippen molar-refractivity contribution in [1.82, 2.24) is 0 Å². The predicted molar refractivity (Wildman–Crippen MR) is 123 cm³/mol. The zero-order chi connectivity index (χ0) is 22.0. The molecule has 4 nitrogen and oxygen atoms in total. The largest absolute Gasteiger partial charge is 0.478 e. The number of rotatable bonds is 18. The SMILES string of the molecule is CCCCCCC(C)CCCCCCCCCCOC(=O)c1ccccc1C(=O)O. The number of esters is 1. The van der Waals surface area contributed by atoms with Crippen LogP contribution in [0.2, 0.25) is 0 Å². The van der Waals surface area contributed by atoms with Gasteiger partial charge in [-0.1, -0.05) is 109 Å². The molecular formula is C26H42O4. The number of carbonyl (C=O) groups is 2. The van der Waals surface area contributed by atoms with E-state index in [1.54, 1.807) is 12.1 Å². The van der Waals surface area contributed by atoms with Crippen molar-refractivity contribution in [3.05, 3.63) is 35.4 Å². The highest BCUT2D eigenvalue weighted by Crippen LogP contribution is 2.18. The van der Waals surface area contributed by atoms with Crippen molar-refractivity contribution in [2.75, 3.05) is 6.61 Å². The van der Waals surface area contributed by atoms with Gasteiger partial charge in [-0.3, -0.25) is 0 Å². The molecule has 1 aromatic rings. The highest BCUT2D eigenvalue weighted by Gasteiger charge is 2.16. The van der Waals surface area contributed by atoms with Gasteiger partial charge >= 0.3 is 11.9 Å². The van der Waals surface area contributed by atoms with Crippen LogP contribution in [0, 0.1) is 5.92 Å². The summed E-state index contributed by atoms with van der Waals surface area (Å²) in [6.45, 7) is 5.02. The van der Waals surface area contributed by atoms with E-state index in [9.17, 15) is 9.59 Å². The molecule has 0 heterocycles. The van der Waals surface area contributed by atoms with Crippen LogP contribution >= 0.6 is 0 Å². The van der Waals surface area contributed by atoms with Gasteiger partial charge in [0.25, 0.3) is 0 Å². The first kappa shape index (κ1) is 26.2. The summed E-state index contributed by atoms with van der Waals surface area (Å²) in [6.07, 6.45) is 17.9. The molecule has 0 bridgehead atoms. The van der Waals surface area contributed by atoms with Gasteiger partial charge in [0.05, 0.1) is 17.7 Å². The molecular weight excluding hydrogens is 376 g/mol. The van der Waals surface area contributed by atoms with Gasteiger partial charge in [-0.15, -0.1) is 0 Å². The molecule has 0 aliphatic carbocycles. The van der Waals surface area contributed by atoms with Crippen LogP contribution < -0.4 is 0 Å². The van der Waals surface area contributed by atoms with Crippen LogP contribution in [0.15, 0.2) is 24.3 Å². The topological polar surface area (TPSA) is 63.6 Å². The van der Waals surface area contributed by atoms with Gasteiger partial charge < -0.3 is 9.84 Å². The van der Waals surface area contributed by atoms with E-state index in [0.717, 1.165) is 25.2 Å². The number of hydrogen-bond donors (Lipinski definition) is 1. The van der Waals surface area contributed by atoms with E-state index in [1.807, 2.05) is 0 Å². The summed E-state index contributed by atoms with van der Waals surface area (Å²) in [5.74, 6) is -0.774. The number of benzene rings is 1. The van der Waals surface area contributed by atoms with Crippen LogP contribution in [0.25, 0.3) is 0 Å². The Kier molecular flexibility index (Phi) is 14.8. The molecule has 0 aromatic heterocycles. The van der Waals surface area contributed by atoms with E-state index >= 15 is 0 Å². The molecule has 0 radical (unpaired) electrons. The number of aromatic carboxylic acids is 1. The van der Waals surface area contributed by atoms with Gasteiger partial charge in [-0.25, -0.2) is 9.59 Å². The van der Waals surface area contributed by atoms with E-state index in [0.29, 0.717) is 6.61 Å². The first-order valence-electron chi connectivity index (χ1n) is 12.1. The number of ether oxygens (including phenoxy) is 1. The standard InChI is InChI=1S/C26H42O4/c1-3-4-5-12-17-22(2)18-13-10-8-6-7-9-11-16-21-30-26(29)24-20-15-14-19-23(24)25(27)28/h14-15,19-20,22H,3-13,16-18,21H2,1-2H3,(H,27,28). The summed E-state index contributed by atoms with van der Waals surface area (Å²) >= 11 is 0. The van der Waals surface area contributed by atoms with E-state index in [-0.39, 0.29) is 11.1 Å². The average molecular weight is 419 g/mol. The average Bonchev–Trinajstić information content (AvgIpc) is 2.74. The van der Waals surface area contributed by atoms with Crippen LogP contribution in [-0.4, -0.2) is 23.7 Å². The zero-order valence-corrected chi connectivity index (χ0v) is 19.2. The lowest BCUT2D eigenvalue weighted by atomic mass is 9.96. The Balaban J connectivity index is 1.96. The fourth-order valence-electron chi connectivity index (χ4n) is 3.81. The van der Waals surface area contributed by atoms with Crippen molar-refractivity contribution in [2.45, 2.75) is 104 Å². The Morgan fingerprint density at radius 1 is 0.800 bits per heavy atom. The van der Waals surface area contributed by atoms with Crippen LogP contribution in [0.1, 0.15) is 124 Å². The molecule has 4 heteroatoms. The Hall–Kier alpha value is -1.84. The first-order chi connectivity index (χ1) is 14.6. The Bertz CT molecular complexity index is 596. The summed E-state index contributed by atoms with van der Waals surface area (Å²) in [4.78, 5) is 23.2. The number of hydrogen-bond acceptors (Lipinski definition) is 3. The fourth-order valence-corrected chi connectivity index (χ4v) is 3.81. The quantitative estimate of drug-likeness (QED) is 0.196. The molecule has 1 rings (SSSR count). The third-order valence-corrected chi connectivity index (χ3v) is 5.75. The van der Waals surface area contributed by atoms with E-state index in [2.05, 4.69) is 13.8 Å². The van der Waals surface area contributed by atoms with Crippen LogP contribution in [0.5, 0.6) is 0 Å². The van der Waals surface area contributed by atoms with Crippen molar-refractivity contribution in [3.8, 4) is 0 Å². The molecule has 0 aliphatic heterocycles. The molecule has 0 aliphatic rings.